The van der Waals surface area contributed by atoms with E-state index in [2.05, 4.69) is 5.32 Å². The number of amides is 1. The van der Waals surface area contributed by atoms with Crippen LogP contribution in [0.5, 0.6) is 0 Å². The van der Waals surface area contributed by atoms with E-state index < -0.39 is 0 Å². The van der Waals surface area contributed by atoms with Gasteiger partial charge in [0.1, 0.15) is 0 Å². The minimum atomic E-state index is -0.0801. The van der Waals surface area contributed by atoms with Crippen LogP contribution in [0.4, 0.5) is 0 Å². The number of carbonyl (C=O) groups excluding carboxylic acids is 1. The molecule has 1 atom stereocenters. The minimum Gasteiger partial charge on any atom is -0.351 e. The van der Waals surface area contributed by atoms with Crippen LogP contribution in [0.15, 0.2) is 30.5 Å². The number of hydrogen-bond acceptors (Lipinski definition) is 1. The number of nitrogens with one attached hydrogen (secondary N) is 1. The molecule has 2 heterocycles. The van der Waals surface area contributed by atoms with Crippen LogP contribution in [0.1, 0.15) is 33.2 Å². The van der Waals surface area contributed by atoms with Gasteiger partial charge in [-0.3, -0.25) is 4.79 Å². The standard InChI is InChI=1S/C14H13ClN2O/c1-8-7-17(2)13-11(8)14(18)16-12(13)9-3-5-10(15)6-4-9/h3-7,12H,1-2H3,(H,16,18)/t12-/m0/s1. The molecule has 18 heavy (non-hydrogen) atoms. The number of benzene rings is 1. The van der Waals surface area contributed by atoms with Crippen molar-refractivity contribution in [1.82, 2.24) is 9.88 Å². The summed E-state index contributed by atoms with van der Waals surface area (Å²) in [5.74, 6) is 0.00282. The summed E-state index contributed by atoms with van der Waals surface area (Å²) in [6.45, 7) is 1.96. The number of fused-ring (bicyclic) bond motifs is 1. The first kappa shape index (κ1) is 11.4. The summed E-state index contributed by atoms with van der Waals surface area (Å²) in [7, 11) is 1.97. The quantitative estimate of drug-likeness (QED) is 0.841. The second kappa shape index (κ2) is 3.89. The molecule has 0 spiro atoms. The summed E-state index contributed by atoms with van der Waals surface area (Å²) in [6.07, 6.45) is 1.99. The van der Waals surface area contributed by atoms with Gasteiger partial charge in [0, 0.05) is 18.3 Å². The fourth-order valence-corrected chi connectivity index (χ4v) is 2.74. The van der Waals surface area contributed by atoms with Gasteiger partial charge in [0.2, 0.25) is 0 Å². The summed E-state index contributed by atoms with van der Waals surface area (Å²) in [5.41, 5.74) is 3.89. The maximum absolute atomic E-state index is 12.0. The SMILES string of the molecule is Cc1cn(C)c2c1C(=O)N[C@H]2c1ccc(Cl)cc1. The third-order valence-corrected chi connectivity index (χ3v) is 3.65. The Morgan fingerprint density at radius 3 is 2.61 bits per heavy atom. The number of aryl methyl sites for hydroxylation is 2. The molecule has 1 aliphatic rings. The fourth-order valence-electron chi connectivity index (χ4n) is 2.61. The van der Waals surface area contributed by atoms with E-state index in [0.29, 0.717) is 5.02 Å². The third kappa shape index (κ3) is 1.55. The number of nitrogens with zero attached hydrogens (tertiary/aromatic N) is 1. The Hall–Kier alpha value is -1.74. The zero-order valence-corrected chi connectivity index (χ0v) is 11.0. The van der Waals surface area contributed by atoms with Crippen LogP contribution in [0.3, 0.4) is 0 Å². The van der Waals surface area contributed by atoms with Crippen molar-refractivity contribution in [3.63, 3.8) is 0 Å². The van der Waals surface area contributed by atoms with Gasteiger partial charge in [-0.05, 0) is 30.2 Å². The second-order valence-electron chi connectivity index (χ2n) is 4.64. The molecule has 0 bridgehead atoms. The predicted molar refractivity (Wildman–Crippen MR) is 70.9 cm³/mol. The lowest BCUT2D eigenvalue weighted by Gasteiger charge is -2.13. The maximum Gasteiger partial charge on any atom is 0.254 e. The van der Waals surface area contributed by atoms with Crippen molar-refractivity contribution in [2.45, 2.75) is 13.0 Å². The van der Waals surface area contributed by atoms with E-state index in [1.165, 1.54) is 0 Å². The number of hydrogen-bond donors (Lipinski definition) is 1. The highest BCUT2D eigenvalue weighted by Crippen LogP contribution is 2.33. The fraction of sp³-hybridized carbons (Fsp3) is 0.214. The van der Waals surface area contributed by atoms with Gasteiger partial charge in [-0.15, -0.1) is 0 Å². The first-order valence-corrected chi connectivity index (χ1v) is 6.18. The number of carbonyl (C=O) groups is 1. The Morgan fingerprint density at radius 2 is 1.94 bits per heavy atom. The van der Waals surface area contributed by atoms with Crippen molar-refractivity contribution in [3.05, 3.63) is 57.9 Å². The molecule has 0 saturated heterocycles. The molecule has 0 fully saturated rings. The van der Waals surface area contributed by atoms with Gasteiger partial charge in [0.25, 0.3) is 5.91 Å². The first-order valence-electron chi connectivity index (χ1n) is 5.80. The summed E-state index contributed by atoms with van der Waals surface area (Å²) in [5, 5.41) is 3.71. The largest absolute Gasteiger partial charge is 0.351 e. The van der Waals surface area contributed by atoms with Crippen molar-refractivity contribution in [2.24, 2.45) is 7.05 Å². The van der Waals surface area contributed by atoms with Crippen molar-refractivity contribution >= 4 is 17.5 Å². The van der Waals surface area contributed by atoms with Gasteiger partial charge in [0.05, 0.1) is 17.3 Å². The van der Waals surface area contributed by atoms with E-state index in [1.807, 2.05) is 49.0 Å². The number of aromatic nitrogens is 1. The molecule has 92 valence electrons. The van der Waals surface area contributed by atoms with Gasteiger partial charge >= 0.3 is 0 Å². The Balaban J connectivity index is 2.12. The van der Waals surface area contributed by atoms with Crippen molar-refractivity contribution in [3.8, 4) is 0 Å². The van der Waals surface area contributed by atoms with Crippen molar-refractivity contribution in [2.75, 3.05) is 0 Å². The smallest absolute Gasteiger partial charge is 0.254 e. The molecule has 3 nitrogen and oxygen atoms in total. The number of rotatable bonds is 1. The highest BCUT2D eigenvalue weighted by Gasteiger charge is 2.33. The molecule has 1 aromatic heterocycles. The lowest BCUT2D eigenvalue weighted by Crippen LogP contribution is -2.21. The highest BCUT2D eigenvalue weighted by molar-refractivity contribution is 6.30. The van der Waals surface area contributed by atoms with Crippen LogP contribution in [0.25, 0.3) is 0 Å². The van der Waals surface area contributed by atoms with E-state index in [0.717, 1.165) is 22.4 Å². The van der Waals surface area contributed by atoms with E-state index >= 15 is 0 Å². The third-order valence-electron chi connectivity index (χ3n) is 3.40. The monoisotopic (exact) mass is 260 g/mol. The predicted octanol–water partition coefficient (Wildman–Crippen LogP) is 2.82. The molecule has 1 N–H and O–H groups in total. The molecule has 2 aromatic rings. The summed E-state index contributed by atoms with van der Waals surface area (Å²) in [6, 6.07) is 7.51. The van der Waals surface area contributed by atoms with Crippen LogP contribution in [0, 0.1) is 6.92 Å². The van der Waals surface area contributed by atoms with E-state index in [-0.39, 0.29) is 11.9 Å². The van der Waals surface area contributed by atoms with Gasteiger partial charge in [0.15, 0.2) is 0 Å². The molecule has 0 unspecified atom stereocenters. The lowest BCUT2D eigenvalue weighted by molar-refractivity contribution is 0.0960. The van der Waals surface area contributed by atoms with Crippen LogP contribution in [-0.4, -0.2) is 10.5 Å². The molecular formula is C14H13ClN2O. The van der Waals surface area contributed by atoms with Crippen molar-refractivity contribution < 1.29 is 4.79 Å². The summed E-state index contributed by atoms with van der Waals surface area (Å²) < 4.78 is 2.02. The molecule has 0 aliphatic carbocycles. The topological polar surface area (TPSA) is 34.0 Å². The molecule has 4 heteroatoms. The summed E-state index contributed by atoms with van der Waals surface area (Å²) in [4.78, 5) is 12.0. The van der Waals surface area contributed by atoms with Crippen molar-refractivity contribution in [1.29, 1.82) is 0 Å². The van der Waals surface area contributed by atoms with Crippen LogP contribution >= 0.6 is 11.6 Å². The first-order chi connectivity index (χ1) is 8.58. The lowest BCUT2D eigenvalue weighted by atomic mass is 10.0. The Morgan fingerprint density at radius 1 is 1.28 bits per heavy atom. The minimum absolute atomic E-state index is 0.00282. The molecule has 1 aliphatic heterocycles. The van der Waals surface area contributed by atoms with Gasteiger partial charge in [-0.2, -0.15) is 0 Å². The zero-order valence-electron chi connectivity index (χ0n) is 10.2. The molecular weight excluding hydrogens is 248 g/mol. The Labute approximate surface area is 110 Å². The van der Waals surface area contributed by atoms with Crippen LogP contribution < -0.4 is 5.32 Å². The Bertz CT molecular complexity index is 628. The molecule has 3 rings (SSSR count). The molecule has 1 aromatic carbocycles. The van der Waals surface area contributed by atoms with E-state index in [1.54, 1.807) is 0 Å². The Kier molecular flexibility index (Phi) is 2.45. The van der Waals surface area contributed by atoms with E-state index in [9.17, 15) is 4.79 Å². The zero-order chi connectivity index (χ0) is 12.9. The van der Waals surface area contributed by atoms with Gasteiger partial charge < -0.3 is 9.88 Å². The average Bonchev–Trinajstić information content (AvgIpc) is 2.81. The second-order valence-corrected chi connectivity index (χ2v) is 5.08. The van der Waals surface area contributed by atoms with Gasteiger partial charge in [-0.1, -0.05) is 23.7 Å². The summed E-state index contributed by atoms with van der Waals surface area (Å²) >= 11 is 5.89. The normalized spacial score (nSPS) is 17.7. The van der Waals surface area contributed by atoms with E-state index in [4.69, 9.17) is 11.6 Å². The van der Waals surface area contributed by atoms with Gasteiger partial charge in [-0.25, -0.2) is 0 Å². The molecule has 0 radical (unpaired) electrons. The molecule has 1 amide bonds. The molecule has 0 saturated carbocycles. The maximum atomic E-state index is 12.0. The number of halogens is 1. The van der Waals surface area contributed by atoms with Crippen LogP contribution in [0.2, 0.25) is 5.02 Å². The average molecular weight is 261 g/mol. The van der Waals surface area contributed by atoms with Crippen LogP contribution in [-0.2, 0) is 7.05 Å². The highest BCUT2D eigenvalue weighted by atomic mass is 35.5.